The third kappa shape index (κ3) is 4.26. The van der Waals surface area contributed by atoms with E-state index in [2.05, 4.69) is 16.0 Å². The number of rotatable bonds is 4. The number of aryl methyl sites for hydroxylation is 1. The summed E-state index contributed by atoms with van der Waals surface area (Å²) in [4.78, 5) is 23.4. The topological polar surface area (TPSA) is 70.2 Å². The van der Waals surface area contributed by atoms with Gasteiger partial charge >= 0.3 is 6.03 Å². The van der Waals surface area contributed by atoms with Crippen LogP contribution in [-0.4, -0.2) is 25.0 Å². The van der Waals surface area contributed by atoms with Gasteiger partial charge in [0.15, 0.2) is 0 Å². The maximum atomic E-state index is 11.9. The van der Waals surface area contributed by atoms with E-state index in [0.29, 0.717) is 17.2 Å². The van der Waals surface area contributed by atoms with Crippen molar-refractivity contribution in [1.82, 2.24) is 10.6 Å². The SMILES string of the molecule is CNC(=O)c1ccc(NC(=O)NC(C)C(C)C)c(C)c1. The molecule has 0 aliphatic carbocycles. The lowest BCUT2D eigenvalue weighted by molar-refractivity contribution is 0.0963. The van der Waals surface area contributed by atoms with Gasteiger partial charge in [-0.05, 0) is 43.5 Å². The predicted octanol–water partition coefficient (Wildman–Crippen LogP) is 2.52. The zero-order chi connectivity index (χ0) is 15.3. The summed E-state index contributed by atoms with van der Waals surface area (Å²) in [6.45, 7) is 7.92. The first-order valence-electron chi connectivity index (χ1n) is 6.75. The predicted molar refractivity (Wildman–Crippen MR) is 81.0 cm³/mol. The molecule has 0 aromatic heterocycles. The Hall–Kier alpha value is -2.04. The Kier molecular flexibility index (Phi) is 5.55. The highest BCUT2D eigenvalue weighted by atomic mass is 16.2. The molecule has 1 rings (SSSR count). The molecular weight excluding hydrogens is 254 g/mol. The Morgan fingerprint density at radius 2 is 1.80 bits per heavy atom. The summed E-state index contributed by atoms with van der Waals surface area (Å²) in [5.41, 5.74) is 2.12. The van der Waals surface area contributed by atoms with Crippen molar-refractivity contribution in [2.24, 2.45) is 5.92 Å². The molecule has 0 radical (unpaired) electrons. The number of hydrogen-bond acceptors (Lipinski definition) is 2. The van der Waals surface area contributed by atoms with Crippen molar-refractivity contribution in [3.05, 3.63) is 29.3 Å². The fraction of sp³-hybridized carbons (Fsp3) is 0.467. The molecule has 0 heterocycles. The Morgan fingerprint density at radius 3 is 2.30 bits per heavy atom. The van der Waals surface area contributed by atoms with Crippen LogP contribution in [-0.2, 0) is 0 Å². The van der Waals surface area contributed by atoms with Crippen molar-refractivity contribution in [2.75, 3.05) is 12.4 Å². The summed E-state index contributed by atoms with van der Waals surface area (Å²) in [5.74, 6) is 0.231. The van der Waals surface area contributed by atoms with Crippen LogP contribution in [0.25, 0.3) is 0 Å². The third-order valence-electron chi connectivity index (χ3n) is 3.32. The van der Waals surface area contributed by atoms with E-state index in [9.17, 15) is 9.59 Å². The van der Waals surface area contributed by atoms with Crippen molar-refractivity contribution in [2.45, 2.75) is 33.7 Å². The van der Waals surface area contributed by atoms with Gasteiger partial charge in [0.05, 0.1) is 0 Å². The van der Waals surface area contributed by atoms with Crippen molar-refractivity contribution < 1.29 is 9.59 Å². The standard InChI is InChI=1S/C15H23N3O2/c1-9(2)11(4)17-15(20)18-13-7-6-12(8-10(13)3)14(19)16-5/h6-9,11H,1-5H3,(H,16,19)(H2,17,18,20). The van der Waals surface area contributed by atoms with Crippen LogP contribution in [0.4, 0.5) is 10.5 Å². The molecule has 0 fully saturated rings. The molecule has 5 nitrogen and oxygen atoms in total. The van der Waals surface area contributed by atoms with E-state index in [-0.39, 0.29) is 18.0 Å². The first-order chi connectivity index (χ1) is 9.35. The number of amides is 3. The molecule has 110 valence electrons. The van der Waals surface area contributed by atoms with Crippen molar-refractivity contribution >= 4 is 17.6 Å². The first kappa shape index (κ1) is 16.0. The van der Waals surface area contributed by atoms with E-state index >= 15 is 0 Å². The largest absolute Gasteiger partial charge is 0.355 e. The molecule has 5 heteroatoms. The lowest BCUT2D eigenvalue weighted by atomic mass is 10.1. The molecular formula is C15H23N3O2. The highest BCUT2D eigenvalue weighted by Crippen LogP contribution is 2.16. The quantitative estimate of drug-likeness (QED) is 0.791. The number of nitrogens with one attached hydrogen (secondary N) is 3. The maximum absolute atomic E-state index is 11.9. The van der Waals surface area contributed by atoms with Crippen LogP contribution < -0.4 is 16.0 Å². The van der Waals surface area contributed by atoms with Crippen molar-refractivity contribution in [1.29, 1.82) is 0 Å². The van der Waals surface area contributed by atoms with Gasteiger partial charge in [-0.1, -0.05) is 13.8 Å². The third-order valence-corrected chi connectivity index (χ3v) is 3.32. The van der Waals surface area contributed by atoms with Gasteiger partial charge in [0.25, 0.3) is 5.91 Å². The molecule has 0 spiro atoms. The molecule has 3 amide bonds. The van der Waals surface area contributed by atoms with Crippen molar-refractivity contribution in [3.63, 3.8) is 0 Å². The average molecular weight is 277 g/mol. The second kappa shape index (κ2) is 6.93. The van der Waals surface area contributed by atoms with Crippen LogP contribution in [0.3, 0.4) is 0 Å². The second-order valence-electron chi connectivity index (χ2n) is 5.24. The summed E-state index contributed by atoms with van der Waals surface area (Å²) in [6.07, 6.45) is 0. The van der Waals surface area contributed by atoms with E-state index in [1.807, 2.05) is 27.7 Å². The summed E-state index contributed by atoms with van der Waals surface area (Å²) >= 11 is 0. The molecule has 1 aromatic carbocycles. The molecule has 3 N–H and O–H groups in total. The maximum Gasteiger partial charge on any atom is 0.319 e. The number of hydrogen-bond donors (Lipinski definition) is 3. The van der Waals surface area contributed by atoms with Crippen molar-refractivity contribution in [3.8, 4) is 0 Å². The van der Waals surface area contributed by atoms with E-state index < -0.39 is 0 Å². The fourth-order valence-corrected chi connectivity index (χ4v) is 1.62. The minimum absolute atomic E-state index is 0.0976. The van der Waals surface area contributed by atoms with Gasteiger partial charge in [0.2, 0.25) is 0 Å². The average Bonchev–Trinajstić information content (AvgIpc) is 2.39. The fourth-order valence-electron chi connectivity index (χ4n) is 1.62. The van der Waals surface area contributed by atoms with E-state index in [1.54, 1.807) is 25.2 Å². The van der Waals surface area contributed by atoms with Crippen LogP contribution in [0.15, 0.2) is 18.2 Å². The summed E-state index contributed by atoms with van der Waals surface area (Å²) < 4.78 is 0. The van der Waals surface area contributed by atoms with Crippen LogP contribution in [0.1, 0.15) is 36.7 Å². The van der Waals surface area contributed by atoms with Gasteiger partial charge in [-0.15, -0.1) is 0 Å². The number of benzene rings is 1. The summed E-state index contributed by atoms with van der Waals surface area (Å²) in [5, 5.41) is 8.24. The summed E-state index contributed by atoms with van der Waals surface area (Å²) in [7, 11) is 1.59. The van der Waals surface area contributed by atoms with E-state index in [4.69, 9.17) is 0 Å². The van der Waals surface area contributed by atoms with Crippen LogP contribution in [0.5, 0.6) is 0 Å². The van der Waals surface area contributed by atoms with Gasteiger partial charge in [-0.25, -0.2) is 4.79 Å². The zero-order valence-electron chi connectivity index (χ0n) is 12.7. The van der Waals surface area contributed by atoms with E-state index in [0.717, 1.165) is 5.56 Å². The number of carbonyl (C=O) groups is 2. The second-order valence-corrected chi connectivity index (χ2v) is 5.24. The molecule has 20 heavy (non-hydrogen) atoms. The molecule has 1 aromatic rings. The van der Waals surface area contributed by atoms with Crippen LogP contribution in [0, 0.1) is 12.8 Å². The lowest BCUT2D eigenvalue weighted by Gasteiger charge is -2.18. The number of urea groups is 1. The van der Waals surface area contributed by atoms with Gasteiger partial charge in [0, 0.05) is 24.3 Å². The highest BCUT2D eigenvalue weighted by molar-refractivity contribution is 5.96. The normalized spacial score (nSPS) is 11.9. The molecule has 1 atom stereocenters. The Balaban J connectivity index is 2.74. The minimum atomic E-state index is -0.234. The van der Waals surface area contributed by atoms with Gasteiger partial charge < -0.3 is 16.0 Å². The molecule has 0 saturated heterocycles. The molecule has 0 bridgehead atoms. The van der Waals surface area contributed by atoms with E-state index in [1.165, 1.54) is 0 Å². The Bertz CT molecular complexity index is 498. The zero-order valence-corrected chi connectivity index (χ0v) is 12.7. The number of carbonyl (C=O) groups excluding carboxylic acids is 2. The minimum Gasteiger partial charge on any atom is -0.355 e. The highest BCUT2D eigenvalue weighted by Gasteiger charge is 2.12. The number of anilines is 1. The van der Waals surface area contributed by atoms with Gasteiger partial charge in [-0.3, -0.25) is 4.79 Å². The first-order valence-corrected chi connectivity index (χ1v) is 6.75. The Labute approximate surface area is 120 Å². The molecule has 0 aliphatic heterocycles. The van der Waals surface area contributed by atoms with Gasteiger partial charge in [-0.2, -0.15) is 0 Å². The van der Waals surface area contributed by atoms with Gasteiger partial charge in [0.1, 0.15) is 0 Å². The van der Waals surface area contributed by atoms with Crippen LogP contribution >= 0.6 is 0 Å². The summed E-state index contributed by atoms with van der Waals surface area (Å²) in [6, 6.07) is 5.04. The smallest absolute Gasteiger partial charge is 0.319 e. The van der Waals surface area contributed by atoms with Crippen LogP contribution in [0.2, 0.25) is 0 Å². The molecule has 1 unspecified atom stereocenters. The molecule has 0 saturated carbocycles. The lowest BCUT2D eigenvalue weighted by Crippen LogP contribution is -2.39. The molecule has 0 aliphatic rings. The monoisotopic (exact) mass is 277 g/mol. The Morgan fingerprint density at radius 1 is 1.15 bits per heavy atom.